The Morgan fingerprint density at radius 3 is 2.79 bits per heavy atom. The van der Waals surface area contributed by atoms with E-state index in [9.17, 15) is 9.59 Å². The summed E-state index contributed by atoms with van der Waals surface area (Å²) in [5, 5.41) is 5.61. The Balaban J connectivity index is 1.40. The van der Waals surface area contributed by atoms with Crippen LogP contribution in [0, 0.1) is 0 Å². The molecule has 1 aliphatic rings. The van der Waals surface area contributed by atoms with Gasteiger partial charge < -0.3 is 19.8 Å². The number of ether oxygens (including phenoxy) is 1. The Morgan fingerprint density at radius 2 is 1.97 bits per heavy atom. The monoisotopic (exact) mass is 391 g/mol. The van der Waals surface area contributed by atoms with E-state index in [4.69, 9.17) is 9.15 Å². The molecule has 1 aliphatic heterocycles. The molecule has 2 N–H and O–H groups in total. The summed E-state index contributed by atoms with van der Waals surface area (Å²) in [6.45, 7) is 1.19. The van der Waals surface area contributed by atoms with E-state index < -0.39 is 0 Å². The lowest BCUT2D eigenvalue weighted by Gasteiger charge is -2.13. The Bertz CT molecular complexity index is 1020. The molecule has 0 bridgehead atoms. The predicted molar refractivity (Wildman–Crippen MR) is 109 cm³/mol. The minimum absolute atomic E-state index is 0.0555. The maximum absolute atomic E-state index is 12.5. The molecule has 3 aromatic rings. The van der Waals surface area contributed by atoms with Crippen LogP contribution in [0.1, 0.15) is 29.1 Å². The van der Waals surface area contributed by atoms with E-state index in [-0.39, 0.29) is 17.9 Å². The highest BCUT2D eigenvalue weighted by Gasteiger charge is 2.18. The lowest BCUT2D eigenvalue weighted by atomic mass is 10.1. The number of hydrogen-bond donors (Lipinski definition) is 2. The van der Waals surface area contributed by atoms with E-state index in [2.05, 4.69) is 15.6 Å². The number of carbonyl (C=O) groups is 2. The topological polar surface area (TPSA) is 93.5 Å². The second-order valence-electron chi connectivity index (χ2n) is 6.73. The second kappa shape index (κ2) is 8.70. The van der Waals surface area contributed by atoms with Crippen molar-refractivity contribution < 1.29 is 18.7 Å². The number of aromatic nitrogens is 1. The van der Waals surface area contributed by atoms with Gasteiger partial charge in [-0.05, 0) is 37.1 Å². The number of nitrogens with zero attached hydrogens (tertiary/aromatic N) is 1. The van der Waals surface area contributed by atoms with E-state index in [1.165, 1.54) is 12.2 Å². The van der Waals surface area contributed by atoms with Crippen LogP contribution in [-0.4, -0.2) is 36.1 Å². The number of hydrogen-bond acceptors (Lipinski definition) is 5. The van der Waals surface area contributed by atoms with Crippen molar-refractivity contribution in [2.45, 2.75) is 18.9 Å². The van der Waals surface area contributed by atoms with Gasteiger partial charge in [-0.25, -0.2) is 4.98 Å². The normalized spacial score (nSPS) is 16.3. The molecular formula is C22H21N3O4. The standard InChI is InChI=1S/C22H21N3O4/c26-20(11-12-21-25-18-9-3-4-10-19(18)29-21)24-17-8-2-1-7-16(17)22(27)23-14-15-6-5-13-28-15/h1-4,7-12,15H,5-6,13-14H2,(H,23,27)(H,24,26)/b12-11+. The zero-order valence-corrected chi connectivity index (χ0v) is 15.8. The van der Waals surface area contributed by atoms with Crippen LogP contribution in [-0.2, 0) is 9.53 Å². The summed E-state index contributed by atoms with van der Waals surface area (Å²) < 4.78 is 11.1. The first-order valence-electron chi connectivity index (χ1n) is 9.52. The number of carbonyl (C=O) groups excluding carboxylic acids is 2. The number of fused-ring (bicyclic) bond motifs is 1. The van der Waals surface area contributed by atoms with Gasteiger partial charge in [0.25, 0.3) is 5.91 Å². The third-order valence-corrected chi connectivity index (χ3v) is 4.63. The zero-order valence-electron chi connectivity index (χ0n) is 15.8. The van der Waals surface area contributed by atoms with Crippen molar-refractivity contribution in [3.05, 3.63) is 66.1 Å². The highest BCUT2D eigenvalue weighted by Crippen LogP contribution is 2.17. The predicted octanol–water partition coefficient (Wildman–Crippen LogP) is 3.39. The van der Waals surface area contributed by atoms with Crippen LogP contribution in [0.3, 0.4) is 0 Å². The molecule has 7 nitrogen and oxygen atoms in total. The third-order valence-electron chi connectivity index (χ3n) is 4.63. The number of nitrogens with one attached hydrogen (secondary N) is 2. The van der Waals surface area contributed by atoms with Gasteiger partial charge in [0.15, 0.2) is 5.58 Å². The fourth-order valence-electron chi connectivity index (χ4n) is 3.18. The summed E-state index contributed by atoms with van der Waals surface area (Å²) in [4.78, 5) is 29.1. The van der Waals surface area contributed by atoms with E-state index in [0.29, 0.717) is 29.3 Å². The average molecular weight is 391 g/mol. The van der Waals surface area contributed by atoms with Crippen LogP contribution in [0.15, 0.2) is 59.0 Å². The Kier molecular flexibility index (Phi) is 5.67. The number of para-hydroxylation sites is 3. The molecular weight excluding hydrogens is 370 g/mol. The lowest BCUT2D eigenvalue weighted by molar-refractivity contribution is -0.111. The summed E-state index contributed by atoms with van der Waals surface area (Å²) in [5.41, 5.74) is 2.21. The van der Waals surface area contributed by atoms with Crippen LogP contribution >= 0.6 is 0 Å². The van der Waals surface area contributed by atoms with Gasteiger partial charge >= 0.3 is 0 Å². The molecule has 4 rings (SSSR count). The van der Waals surface area contributed by atoms with E-state index in [1.54, 1.807) is 24.3 Å². The van der Waals surface area contributed by atoms with Crippen molar-refractivity contribution in [2.24, 2.45) is 0 Å². The molecule has 0 radical (unpaired) electrons. The van der Waals surface area contributed by atoms with Gasteiger partial charge in [0, 0.05) is 25.3 Å². The molecule has 1 aromatic heterocycles. The number of rotatable bonds is 6. The minimum Gasteiger partial charge on any atom is -0.437 e. The van der Waals surface area contributed by atoms with Crippen LogP contribution in [0.2, 0.25) is 0 Å². The van der Waals surface area contributed by atoms with Gasteiger partial charge in [-0.2, -0.15) is 0 Å². The lowest BCUT2D eigenvalue weighted by Crippen LogP contribution is -2.32. The SMILES string of the molecule is O=C(/C=C/c1nc2ccccc2o1)Nc1ccccc1C(=O)NCC1CCCO1. The van der Waals surface area contributed by atoms with Crippen molar-refractivity contribution in [1.29, 1.82) is 0 Å². The summed E-state index contributed by atoms with van der Waals surface area (Å²) in [5.74, 6) is -0.296. The number of anilines is 1. The fraction of sp³-hybridized carbons (Fsp3) is 0.227. The average Bonchev–Trinajstić information content (AvgIpc) is 3.40. The first-order valence-corrected chi connectivity index (χ1v) is 9.52. The molecule has 2 aromatic carbocycles. The van der Waals surface area contributed by atoms with Gasteiger partial charge in [-0.3, -0.25) is 9.59 Å². The molecule has 1 atom stereocenters. The molecule has 1 saturated heterocycles. The summed E-state index contributed by atoms with van der Waals surface area (Å²) in [7, 11) is 0. The van der Waals surface area contributed by atoms with Crippen molar-refractivity contribution in [3.63, 3.8) is 0 Å². The van der Waals surface area contributed by atoms with Crippen molar-refractivity contribution in [1.82, 2.24) is 10.3 Å². The van der Waals surface area contributed by atoms with E-state index >= 15 is 0 Å². The van der Waals surface area contributed by atoms with Crippen molar-refractivity contribution in [2.75, 3.05) is 18.5 Å². The van der Waals surface area contributed by atoms with Crippen LogP contribution in [0.5, 0.6) is 0 Å². The van der Waals surface area contributed by atoms with Gasteiger partial charge in [-0.15, -0.1) is 0 Å². The zero-order chi connectivity index (χ0) is 20.1. The van der Waals surface area contributed by atoms with Crippen LogP contribution in [0.4, 0.5) is 5.69 Å². The molecule has 1 unspecified atom stereocenters. The highest BCUT2D eigenvalue weighted by molar-refractivity contribution is 6.07. The van der Waals surface area contributed by atoms with Gasteiger partial charge in [0.2, 0.25) is 11.8 Å². The van der Waals surface area contributed by atoms with Crippen LogP contribution in [0.25, 0.3) is 17.2 Å². The Labute approximate surface area is 167 Å². The molecule has 7 heteroatoms. The quantitative estimate of drug-likeness (QED) is 0.628. The smallest absolute Gasteiger partial charge is 0.253 e. The van der Waals surface area contributed by atoms with E-state index in [0.717, 1.165) is 25.0 Å². The first kappa shape index (κ1) is 18.9. The molecule has 1 fully saturated rings. The minimum atomic E-state index is -0.383. The van der Waals surface area contributed by atoms with Gasteiger partial charge in [0.1, 0.15) is 5.52 Å². The van der Waals surface area contributed by atoms with Gasteiger partial charge in [0.05, 0.1) is 17.4 Å². The van der Waals surface area contributed by atoms with Crippen molar-refractivity contribution in [3.8, 4) is 0 Å². The molecule has 148 valence electrons. The first-order chi connectivity index (χ1) is 14.2. The molecule has 29 heavy (non-hydrogen) atoms. The van der Waals surface area contributed by atoms with Crippen LogP contribution < -0.4 is 10.6 Å². The number of benzene rings is 2. The molecule has 0 spiro atoms. The second-order valence-corrected chi connectivity index (χ2v) is 6.73. The summed E-state index contributed by atoms with van der Waals surface area (Å²) >= 11 is 0. The van der Waals surface area contributed by atoms with E-state index in [1.807, 2.05) is 24.3 Å². The third kappa shape index (κ3) is 4.70. The number of oxazole rings is 1. The number of amides is 2. The fourth-order valence-corrected chi connectivity index (χ4v) is 3.18. The summed E-state index contributed by atoms with van der Waals surface area (Å²) in [6, 6.07) is 14.2. The maximum atomic E-state index is 12.5. The Morgan fingerprint density at radius 1 is 1.14 bits per heavy atom. The molecule has 2 heterocycles. The molecule has 2 amide bonds. The maximum Gasteiger partial charge on any atom is 0.253 e. The molecule has 0 saturated carbocycles. The van der Waals surface area contributed by atoms with Crippen molar-refractivity contribution >= 4 is 34.7 Å². The summed E-state index contributed by atoms with van der Waals surface area (Å²) in [6.07, 6.45) is 4.83. The largest absolute Gasteiger partial charge is 0.437 e. The highest BCUT2D eigenvalue weighted by atomic mass is 16.5. The Hall–Kier alpha value is -3.45. The molecule has 0 aliphatic carbocycles. The van der Waals surface area contributed by atoms with Gasteiger partial charge in [-0.1, -0.05) is 24.3 Å².